The molecule has 1 aliphatic heterocycles. The smallest absolute Gasteiger partial charge is 0.292 e. The highest BCUT2D eigenvalue weighted by molar-refractivity contribution is 5.94. The van der Waals surface area contributed by atoms with Crippen molar-refractivity contribution in [1.29, 1.82) is 0 Å². The molecule has 7 nitrogen and oxygen atoms in total. The lowest BCUT2D eigenvalue weighted by atomic mass is 10.2. The fourth-order valence-electron chi connectivity index (χ4n) is 2.23. The summed E-state index contributed by atoms with van der Waals surface area (Å²) in [6, 6.07) is 6.43. The SMILES string of the molecule is CC1CNCCN1CC(=O)Nc1ccccc1[N+](=O)[O-]. The Hall–Kier alpha value is -1.99. The summed E-state index contributed by atoms with van der Waals surface area (Å²) in [5.74, 6) is -0.229. The van der Waals surface area contributed by atoms with Crippen LogP contribution in [-0.2, 0) is 4.79 Å². The van der Waals surface area contributed by atoms with Crippen LogP contribution in [0.4, 0.5) is 11.4 Å². The van der Waals surface area contributed by atoms with Crippen molar-refractivity contribution in [3.05, 3.63) is 34.4 Å². The zero-order valence-electron chi connectivity index (χ0n) is 11.3. The average molecular weight is 278 g/mol. The minimum Gasteiger partial charge on any atom is -0.319 e. The van der Waals surface area contributed by atoms with Gasteiger partial charge in [0.15, 0.2) is 0 Å². The Morgan fingerprint density at radius 1 is 1.55 bits per heavy atom. The number of para-hydroxylation sites is 2. The van der Waals surface area contributed by atoms with Crippen molar-refractivity contribution in [2.45, 2.75) is 13.0 Å². The number of anilines is 1. The van der Waals surface area contributed by atoms with Crippen molar-refractivity contribution in [2.24, 2.45) is 0 Å². The van der Waals surface area contributed by atoms with Gasteiger partial charge in [-0.2, -0.15) is 0 Å². The number of rotatable bonds is 4. The van der Waals surface area contributed by atoms with E-state index in [0.717, 1.165) is 19.6 Å². The van der Waals surface area contributed by atoms with Gasteiger partial charge in [-0.05, 0) is 13.0 Å². The minimum absolute atomic E-state index is 0.0887. The molecule has 2 N–H and O–H groups in total. The molecule has 1 aromatic rings. The average Bonchev–Trinajstić information content (AvgIpc) is 2.41. The fourth-order valence-corrected chi connectivity index (χ4v) is 2.23. The maximum Gasteiger partial charge on any atom is 0.292 e. The topological polar surface area (TPSA) is 87.5 Å². The largest absolute Gasteiger partial charge is 0.319 e. The number of carbonyl (C=O) groups excluding carboxylic acids is 1. The molecule has 108 valence electrons. The highest BCUT2D eigenvalue weighted by atomic mass is 16.6. The Morgan fingerprint density at radius 3 is 3.00 bits per heavy atom. The van der Waals surface area contributed by atoms with Crippen molar-refractivity contribution in [1.82, 2.24) is 10.2 Å². The van der Waals surface area contributed by atoms with Crippen molar-refractivity contribution in [3.63, 3.8) is 0 Å². The van der Waals surface area contributed by atoms with E-state index in [2.05, 4.69) is 15.5 Å². The van der Waals surface area contributed by atoms with Crippen LogP contribution in [0.5, 0.6) is 0 Å². The summed E-state index contributed by atoms with van der Waals surface area (Å²) in [5, 5.41) is 16.7. The highest BCUT2D eigenvalue weighted by Gasteiger charge is 2.21. The number of nitro groups is 1. The first-order valence-corrected chi connectivity index (χ1v) is 6.56. The van der Waals surface area contributed by atoms with Gasteiger partial charge >= 0.3 is 0 Å². The van der Waals surface area contributed by atoms with Crippen LogP contribution in [0.2, 0.25) is 0 Å². The molecule has 0 aromatic heterocycles. The van der Waals surface area contributed by atoms with Crippen molar-refractivity contribution >= 4 is 17.3 Å². The standard InChI is InChI=1S/C13H18N4O3/c1-10-8-14-6-7-16(10)9-13(18)15-11-4-2-3-5-12(11)17(19)20/h2-5,10,14H,6-9H2,1H3,(H,15,18). The molecule has 0 bridgehead atoms. The molecule has 1 aromatic carbocycles. The summed E-state index contributed by atoms with van der Waals surface area (Å²) in [5.41, 5.74) is 0.152. The predicted molar refractivity (Wildman–Crippen MR) is 75.6 cm³/mol. The molecular weight excluding hydrogens is 260 g/mol. The fraction of sp³-hybridized carbons (Fsp3) is 0.462. The van der Waals surface area contributed by atoms with Crippen LogP contribution < -0.4 is 10.6 Å². The number of benzene rings is 1. The summed E-state index contributed by atoms with van der Waals surface area (Å²) in [4.78, 5) is 24.4. The Kier molecular flexibility index (Phi) is 4.65. The van der Waals surface area contributed by atoms with E-state index in [0.29, 0.717) is 0 Å². The van der Waals surface area contributed by atoms with Gasteiger partial charge in [-0.3, -0.25) is 19.8 Å². The highest BCUT2D eigenvalue weighted by Crippen LogP contribution is 2.23. The van der Waals surface area contributed by atoms with Crippen LogP contribution in [0, 0.1) is 10.1 Å². The van der Waals surface area contributed by atoms with Gasteiger partial charge in [-0.15, -0.1) is 0 Å². The predicted octanol–water partition coefficient (Wildman–Crippen LogP) is 0.827. The first kappa shape index (κ1) is 14.4. The summed E-state index contributed by atoms with van der Waals surface area (Å²) in [6.45, 7) is 4.78. The van der Waals surface area contributed by atoms with Gasteiger partial charge in [0.25, 0.3) is 5.69 Å². The molecule has 0 saturated carbocycles. The number of nitrogens with zero attached hydrogens (tertiary/aromatic N) is 2. The molecular formula is C13H18N4O3. The minimum atomic E-state index is -0.497. The van der Waals surface area contributed by atoms with Gasteiger partial charge in [-0.1, -0.05) is 12.1 Å². The van der Waals surface area contributed by atoms with E-state index in [9.17, 15) is 14.9 Å². The number of hydrogen-bond donors (Lipinski definition) is 2. The number of amides is 1. The Labute approximate surface area is 117 Å². The molecule has 0 radical (unpaired) electrons. The lowest BCUT2D eigenvalue weighted by molar-refractivity contribution is -0.383. The van der Waals surface area contributed by atoms with Crippen LogP contribution in [-0.4, -0.2) is 48.0 Å². The monoisotopic (exact) mass is 278 g/mol. The van der Waals surface area contributed by atoms with E-state index in [4.69, 9.17) is 0 Å². The van der Waals surface area contributed by atoms with Crippen LogP contribution in [0.3, 0.4) is 0 Å². The van der Waals surface area contributed by atoms with Gasteiger partial charge < -0.3 is 10.6 Å². The molecule has 2 rings (SSSR count). The van der Waals surface area contributed by atoms with E-state index in [1.165, 1.54) is 12.1 Å². The van der Waals surface area contributed by atoms with Crippen molar-refractivity contribution in [3.8, 4) is 0 Å². The molecule has 1 heterocycles. The molecule has 0 spiro atoms. The second-order valence-electron chi connectivity index (χ2n) is 4.85. The summed E-state index contributed by atoms with van der Waals surface area (Å²) < 4.78 is 0. The molecule has 7 heteroatoms. The third-order valence-corrected chi connectivity index (χ3v) is 3.36. The summed E-state index contributed by atoms with van der Waals surface area (Å²) >= 11 is 0. The van der Waals surface area contributed by atoms with Crippen LogP contribution >= 0.6 is 0 Å². The Morgan fingerprint density at radius 2 is 2.30 bits per heavy atom. The molecule has 1 unspecified atom stereocenters. The van der Waals surface area contributed by atoms with Crippen molar-refractivity contribution < 1.29 is 9.72 Å². The van der Waals surface area contributed by atoms with E-state index in [-0.39, 0.29) is 29.9 Å². The first-order valence-electron chi connectivity index (χ1n) is 6.56. The van der Waals surface area contributed by atoms with Gasteiger partial charge in [0, 0.05) is 31.7 Å². The van der Waals surface area contributed by atoms with Crippen LogP contribution in [0.1, 0.15) is 6.92 Å². The third kappa shape index (κ3) is 3.52. The number of piperazine rings is 1. The maximum atomic E-state index is 12.0. The molecule has 1 fully saturated rings. The molecule has 1 atom stereocenters. The van der Waals surface area contributed by atoms with Crippen LogP contribution in [0.15, 0.2) is 24.3 Å². The van der Waals surface area contributed by atoms with E-state index in [1.54, 1.807) is 12.1 Å². The van der Waals surface area contributed by atoms with Crippen molar-refractivity contribution in [2.75, 3.05) is 31.5 Å². The molecule has 0 aliphatic carbocycles. The normalized spacial score (nSPS) is 19.6. The molecule has 20 heavy (non-hydrogen) atoms. The third-order valence-electron chi connectivity index (χ3n) is 3.36. The van der Waals surface area contributed by atoms with Crippen LogP contribution in [0.25, 0.3) is 0 Å². The van der Waals surface area contributed by atoms with E-state index in [1.807, 2.05) is 6.92 Å². The Bertz CT molecular complexity index is 506. The quantitative estimate of drug-likeness (QED) is 0.629. The van der Waals surface area contributed by atoms with Gasteiger partial charge in [-0.25, -0.2) is 0 Å². The second-order valence-corrected chi connectivity index (χ2v) is 4.85. The summed E-state index contributed by atoms with van der Waals surface area (Å²) in [7, 11) is 0. The lowest BCUT2D eigenvalue weighted by Crippen LogP contribution is -2.52. The number of carbonyl (C=O) groups is 1. The maximum absolute atomic E-state index is 12.0. The Balaban J connectivity index is 1.99. The second kappa shape index (κ2) is 6.44. The lowest BCUT2D eigenvalue weighted by Gasteiger charge is -2.33. The number of hydrogen-bond acceptors (Lipinski definition) is 5. The number of nitrogens with one attached hydrogen (secondary N) is 2. The zero-order chi connectivity index (χ0) is 14.5. The molecule has 1 amide bonds. The molecule has 1 saturated heterocycles. The zero-order valence-corrected chi connectivity index (χ0v) is 11.3. The van der Waals surface area contributed by atoms with E-state index >= 15 is 0 Å². The van der Waals surface area contributed by atoms with E-state index < -0.39 is 4.92 Å². The number of nitro benzene ring substituents is 1. The van der Waals surface area contributed by atoms with Gasteiger partial charge in [0.2, 0.25) is 5.91 Å². The molecule has 1 aliphatic rings. The summed E-state index contributed by atoms with van der Waals surface area (Å²) in [6.07, 6.45) is 0. The van der Waals surface area contributed by atoms with Gasteiger partial charge in [0.05, 0.1) is 11.5 Å². The first-order chi connectivity index (χ1) is 9.58. The van der Waals surface area contributed by atoms with Gasteiger partial charge in [0.1, 0.15) is 5.69 Å².